The Balaban J connectivity index is 2.00. The Morgan fingerprint density at radius 1 is 1.00 bits per heavy atom. The average Bonchev–Trinajstić information content (AvgIpc) is 2.66. The highest BCUT2D eigenvalue weighted by atomic mass is 16.7. The lowest BCUT2D eigenvalue weighted by Crippen LogP contribution is -2.56. The monoisotopic (exact) mass is 282 g/mol. The zero-order valence-corrected chi connectivity index (χ0v) is 9.94. The molecule has 6 N–H and O–H groups in total. The third-order valence-corrected chi connectivity index (χ3v) is 3.24. The first-order valence-electron chi connectivity index (χ1n) is 5.89. The normalized spacial score (nSPS) is 51.5. The first-order valence-corrected chi connectivity index (χ1v) is 5.89. The highest BCUT2D eigenvalue weighted by Gasteiger charge is 2.47. The van der Waals surface area contributed by atoms with Crippen LogP contribution < -0.4 is 0 Å². The van der Waals surface area contributed by atoms with Crippen LogP contribution >= 0.6 is 0 Å². The summed E-state index contributed by atoms with van der Waals surface area (Å²) in [5.41, 5.74) is 0. The largest absolute Gasteiger partial charge is 0.394 e. The summed E-state index contributed by atoms with van der Waals surface area (Å²) in [5, 5.41) is 56.7. The summed E-state index contributed by atoms with van der Waals surface area (Å²) in [5.74, 6) is 0. The molecule has 9 heteroatoms. The van der Waals surface area contributed by atoms with Crippen molar-refractivity contribution in [3.05, 3.63) is 0 Å². The Morgan fingerprint density at radius 3 is 2.26 bits per heavy atom. The van der Waals surface area contributed by atoms with Crippen molar-refractivity contribution in [3.63, 3.8) is 0 Å². The van der Waals surface area contributed by atoms with E-state index in [1.54, 1.807) is 0 Å². The average molecular weight is 282 g/mol. The maximum atomic E-state index is 9.66. The highest BCUT2D eigenvalue weighted by Crippen LogP contribution is 2.26. The summed E-state index contributed by atoms with van der Waals surface area (Å²) in [6.07, 6.45) is -10.6. The van der Waals surface area contributed by atoms with Crippen molar-refractivity contribution in [1.29, 1.82) is 0 Å². The second-order valence-corrected chi connectivity index (χ2v) is 4.59. The van der Waals surface area contributed by atoms with Gasteiger partial charge in [0.1, 0.15) is 36.6 Å². The summed E-state index contributed by atoms with van der Waals surface area (Å²) in [6.45, 7) is -0.767. The number of aliphatic hydroxyl groups is 6. The van der Waals surface area contributed by atoms with E-state index in [1.807, 2.05) is 0 Å². The van der Waals surface area contributed by atoms with Gasteiger partial charge in [-0.1, -0.05) is 0 Å². The van der Waals surface area contributed by atoms with Crippen molar-refractivity contribution in [1.82, 2.24) is 0 Å². The topological polar surface area (TPSA) is 149 Å². The van der Waals surface area contributed by atoms with Crippen LogP contribution in [0.3, 0.4) is 0 Å². The molecular weight excluding hydrogens is 264 g/mol. The van der Waals surface area contributed by atoms with Gasteiger partial charge >= 0.3 is 0 Å². The molecule has 2 aliphatic rings. The molecule has 2 aliphatic heterocycles. The first-order chi connectivity index (χ1) is 8.95. The molecule has 2 rings (SSSR count). The van der Waals surface area contributed by atoms with Crippen LogP contribution in [-0.2, 0) is 14.2 Å². The van der Waals surface area contributed by atoms with E-state index in [2.05, 4.69) is 4.74 Å². The van der Waals surface area contributed by atoms with Gasteiger partial charge in [0.2, 0.25) is 0 Å². The molecule has 2 fully saturated rings. The van der Waals surface area contributed by atoms with Crippen molar-refractivity contribution in [2.24, 2.45) is 0 Å². The fraction of sp³-hybridized carbons (Fsp3) is 1.00. The van der Waals surface area contributed by atoms with E-state index in [9.17, 15) is 25.5 Å². The summed E-state index contributed by atoms with van der Waals surface area (Å²) in [6, 6.07) is 0. The Hall–Kier alpha value is -0.360. The van der Waals surface area contributed by atoms with Crippen molar-refractivity contribution >= 4 is 0 Å². The van der Waals surface area contributed by atoms with E-state index >= 15 is 0 Å². The maximum Gasteiger partial charge on any atom is 0.187 e. The van der Waals surface area contributed by atoms with E-state index in [4.69, 9.17) is 14.6 Å². The standard InChI is InChI=1S/C10H18O9/c11-1-4-5(13)6(14)10(18-4)19-8-3(12)2-17-9(16)7(8)15/h3-16H,1-2H2/t3-,4-,5-,6+,7+,8-,9+,10+/m0/s1. The fourth-order valence-electron chi connectivity index (χ4n) is 2.08. The van der Waals surface area contributed by atoms with Gasteiger partial charge in [-0.25, -0.2) is 0 Å². The molecule has 8 atom stereocenters. The zero-order chi connectivity index (χ0) is 14.2. The molecule has 2 saturated heterocycles. The summed E-state index contributed by atoms with van der Waals surface area (Å²) >= 11 is 0. The van der Waals surface area contributed by atoms with E-state index in [1.165, 1.54) is 0 Å². The molecule has 9 nitrogen and oxygen atoms in total. The van der Waals surface area contributed by atoms with Crippen molar-refractivity contribution < 1.29 is 44.8 Å². The Labute approximate surface area is 108 Å². The predicted octanol–water partition coefficient (Wildman–Crippen LogP) is -4.12. The third kappa shape index (κ3) is 2.89. The van der Waals surface area contributed by atoms with Gasteiger partial charge in [0.15, 0.2) is 12.6 Å². The SMILES string of the molecule is OC[C@@H]1O[C@H](O[C@@H]2[C@@H](O)[C@H](O)OC[C@@H]2O)[C@H](O)[C@H]1O. The van der Waals surface area contributed by atoms with Gasteiger partial charge in [0.25, 0.3) is 0 Å². The predicted molar refractivity (Wildman–Crippen MR) is 56.6 cm³/mol. The van der Waals surface area contributed by atoms with Crippen LogP contribution in [0.5, 0.6) is 0 Å². The van der Waals surface area contributed by atoms with Crippen LogP contribution in [0.4, 0.5) is 0 Å². The molecule has 0 aliphatic carbocycles. The minimum absolute atomic E-state index is 0.252. The highest BCUT2D eigenvalue weighted by molar-refractivity contribution is 4.90. The summed E-state index contributed by atoms with van der Waals surface area (Å²) in [4.78, 5) is 0. The lowest BCUT2D eigenvalue weighted by molar-refractivity contribution is -0.298. The maximum absolute atomic E-state index is 9.66. The Kier molecular flexibility index (Phi) is 4.71. The molecule has 0 radical (unpaired) electrons. The van der Waals surface area contributed by atoms with Gasteiger partial charge in [-0.3, -0.25) is 0 Å². The van der Waals surface area contributed by atoms with Gasteiger partial charge in [-0.2, -0.15) is 0 Å². The van der Waals surface area contributed by atoms with Crippen molar-refractivity contribution in [2.45, 2.75) is 49.2 Å². The van der Waals surface area contributed by atoms with Crippen LogP contribution in [0.1, 0.15) is 0 Å². The molecule has 0 spiro atoms. The van der Waals surface area contributed by atoms with Crippen LogP contribution in [-0.4, -0.2) is 93.1 Å². The number of ether oxygens (including phenoxy) is 3. The first kappa shape index (κ1) is 15.0. The minimum Gasteiger partial charge on any atom is -0.394 e. The number of hydrogen-bond donors (Lipinski definition) is 6. The van der Waals surface area contributed by atoms with Gasteiger partial charge in [0.05, 0.1) is 13.2 Å². The van der Waals surface area contributed by atoms with E-state index in [0.717, 1.165) is 0 Å². The molecule has 0 unspecified atom stereocenters. The van der Waals surface area contributed by atoms with Crippen LogP contribution in [0, 0.1) is 0 Å². The van der Waals surface area contributed by atoms with Crippen molar-refractivity contribution in [3.8, 4) is 0 Å². The molecule has 112 valence electrons. The number of rotatable bonds is 3. The van der Waals surface area contributed by atoms with Crippen LogP contribution in [0.15, 0.2) is 0 Å². The van der Waals surface area contributed by atoms with Gasteiger partial charge in [-0.15, -0.1) is 0 Å². The second kappa shape index (κ2) is 5.95. The number of hydrogen-bond acceptors (Lipinski definition) is 9. The molecule has 0 amide bonds. The van der Waals surface area contributed by atoms with Gasteiger partial charge in [0, 0.05) is 0 Å². The summed E-state index contributed by atoms with van der Waals surface area (Å²) in [7, 11) is 0. The molecule has 2 heterocycles. The quantitative estimate of drug-likeness (QED) is 0.303. The van der Waals surface area contributed by atoms with Crippen molar-refractivity contribution in [2.75, 3.05) is 13.2 Å². The lowest BCUT2D eigenvalue weighted by atomic mass is 10.0. The Morgan fingerprint density at radius 2 is 1.68 bits per heavy atom. The molecule has 19 heavy (non-hydrogen) atoms. The van der Waals surface area contributed by atoms with E-state index < -0.39 is 55.8 Å². The lowest BCUT2D eigenvalue weighted by Gasteiger charge is -2.36. The minimum atomic E-state index is -1.52. The molecule has 0 aromatic rings. The van der Waals surface area contributed by atoms with E-state index in [-0.39, 0.29) is 6.61 Å². The summed E-state index contributed by atoms with van der Waals surface area (Å²) < 4.78 is 14.9. The molecule has 0 aromatic heterocycles. The molecule has 0 aromatic carbocycles. The smallest absolute Gasteiger partial charge is 0.187 e. The van der Waals surface area contributed by atoms with E-state index in [0.29, 0.717) is 0 Å². The molecule has 0 bridgehead atoms. The zero-order valence-electron chi connectivity index (χ0n) is 9.94. The molecular formula is C10H18O9. The van der Waals surface area contributed by atoms with Gasteiger partial charge < -0.3 is 44.8 Å². The molecule has 0 saturated carbocycles. The Bertz CT molecular complexity index is 301. The fourth-order valence-corrected chi connectivity index (χ4v) is 2.08. The van der Waals surface area contributed by atoms with Crippen LogP contribution in [0.25, 0.3) is 0 Å². The second-order valence-electron chi connectivity index (χ2n) is 4.59. The third-order valence-electron chi connectivity index (χ3n) is 3.24. The number of aliphatic hydroxyl groups excluding tert-OH is 6. The van der Waals surface area contributed by atoms with Gasteiger partial charge in [-0.05, 0) is 0 Å². The van der Waals surface area contributed by atoms with Crippen LogP contribution in [0.2, 0.25) is 0 Å².